The van der Waals surface area contributed by atoms with Crippen molar-refractivity contribution in [3.05, 3.63) is 47.7 Å². The van der Waals surface area contributed by atoms with Crippen LogP contribution in [0, 0.1) is 12.3 Å². The highest BCUT2D eigenvalue weighted by Crippen LogP contribution is 2.64. The van der Waals surface area contributed by atoms with Crippen molar-refractivity contribution in [2.75, 3.05) is 5.32 Å². The first-order chi connectivity index (χ1) is 10.3. The molecule has 0 bridgehead atoms. The summed E-state index contributed by atoms with van der Waals surface area (Å²) in [5, 5.41) is 7.15. The van der Waals surface area contributed by atoms with Gasteiger partial charge in [-0.05, 0) is 25.8 Å². The van der Waals surface area contributed by atoms with Gasteiger partial charge in [0.2, 0.25) is 5.91 Å². The minimum absolute atomic E-state index is 0.177. The Morgan fingerprint density at radius 2 is 2.14 bits per heavy atom. The molecule has 1 aliphatic carbocycles. The molecule has 2 aromatic rings. The summed E-state index contributed by atoms with van der Waals surface area (Å²) in [5.41, 5.74) is 1.57. The molecule has 0 aliphatic heterocycles. The van der Waals surface area contributed by atoms with Crippen LogP contribution in [0.3, 0.4) is 0 Å². The number of carbonyl (C=O) groups excluding carboxylic acids is 1. The maximum Gasteiger partial charge on any atom is 0.234 e. The fourth-order valence-electron chi connectivity index (χ4n) is 2.45. The van der Waals surface area contributed by atoms with Crippen molar-refractivity contribution in [3.63, 3.8) is 0 Å². The fraction of sp³-hybridized carbons (Fsp3) is 0.375. The lowest BCUT2D eigenvalue weighted by Crippen LogP contribution is -2.27. The predicted molar refractivity (Wildman–Crippen MR) is 88.3 cm³/mol. The zero-order valence-electron chi connectivity index (χ0n) is 12.4. The second-order valence-corrected chi connectivity index (χ2v) is 7.51. The molecule has 0 spiro atoms. The van der Waals surface area contributed by atoms with E-state index in [1.54, 1.807) is 23.9 Å². The number of hydrogen-bond donors (Lipinski definition) is 1. The zero-order valence-corrected chi connectivity index (χ0v) is 13.9. The Bertz CT molecular complexity index is 726. The van der Waals surface area contributed by atoms with Gasteiger partial charge in [-0.1, -0.05) is 29.8 Å². The molecule has 116 valence electrons. The van der Waals surface area contributed by atoms with Crippen LogP contribution in [0.5, 0.6) is 0 Å². The Balaban J connectivity index is 1.74. The smallest absolute Gasteiger partial charge is 0.234 e. The summed E-state index contributed by atoms with van der Waals surface area (Å²) in [6.45, 7) is 4.40. The van der Waals surface area contributed by atoms with Crippen LogP contribution in [0.25, 0.3) is 0 Å². The lowest BCUT2D eigenvalue weighted by Gasteiger charge is -2.14. The van der Waals surface area contributed by atoms with Gasteiger partial charge in [0.05, 0.1) is 18.2 Å². The Labute approximate surface area is 139 Å². The maximum atomic E-state index is 12.3. The van der Waals surface area contributed by atoms with Crippen LogP contribution in [0.1, 0.15) is 24.5 Å². The number of carbonyl (C=O) groups is 1. The van der Waals surface area contributed by atoms with Crippen LogP contribution in [-0.4, -0.2) is 20.0 Å². The normalized spacial score (nSPS) is 22.4. The molecular formula is C16H17Cl2N3O. The van der Waals surface area contributed by atoms with E-state index in [1.165, 1.54) is 5.56 Å². The monoisotopic (exact) mass is 337 g/mol. The number of amides is 1. The van der Waals surface area contributed by atoms with E-state index in [9.17, 15) is 4.79 Å². The van der Waals surface area contributed by atoms with Gasteiger partial charge in [0.15, 0.2) is 0 Å². The van der Waals surface area contributed by atoms with Gasteiger partial charge in [0.1, 0.15) is 10.2 Å². The molecule has 1 aromatic heterocycles. The van der Waals surface area contributed by atoms with Crippen molar-refractivity contribution in [3.8, 4) is 0 Å². The van der Waals surface area contributed by atoms with Crippen molar-refractivity contribution in [2.45, 2.75) is 31.1 Å². The summed E-state index contributed by atoms with van der Waals surface area (Å²) >= 11 is 12.1. The van der Waals surface area contributed by atoms with Crippen LogP contribution in [0.2, 0.25) is 0 Å². The number of aryl methyl sites for hydroxylation is 1. The highest BCUT2D eigenvalue weighted by atomic mass is 35.5. The SMILES string of the molecule is Cc1cccc(Cn2nccc2NC(=O)[C@]2(C)CC2(Cl)Cl)c1. The molecule has 1 aromatic carbocycles. The molecule has 3 rings (SSSR count). The Morgan fingerprint density at radius 3 is 2.77 bits per heavy atom. The van der Waals surface area contributed by atoms with Gasteiger partial charge in [0, 0.05) is 6.07 Å². The molecule has 1 atom stereocenters. The molecule has 22 heavy (non-hydrogen) atoms. The third kappa shape index (κ3) is 2.73. The van der Waals surface area contributed by atoms with Crippen molar-refractivity contribution in [1.29, 1.82) is 0 Å². The first kappa shape index (κ1) is 15.4. The molecule has 0 unspecified atom stereocenters. The van der Waals surface area contributed by atoms with Gasteiger partial charge < -0.3 is 5.32 Å². The molecule has 1 heterocycles. The average molecular weight is 338 g/mol. The predicted octanol–water partition coefficient (Wildman–Crippen LogP) is 3.76. The lowest BCUT2D eigenvalue weighted by atomic mass is 10.1. The van der Waals surface area contributed by atoms with Gasteiger partial charge in [-0.2, -0.15) is 5.10 Å². The highest BCUT2D eigenvalue weighted by molar-refractivity contribution is 6.53. The number of nitrogens with one attached hydrogen (secondary N) is 1. The highest BCUT2D eigenvalue weighted by Gasteiger charge is 2.68. The standard InChI is InChI=1S/C16H17Cl2N3O/c1-11-4-3-5-12(8-11)9-21-13(6-7-19-21)20-14(22)15(2)10-16(15,17)18/h3-8H,9-10H2,1-2H3,(H,20,22)/t15-/m0/s1. The summed E-state index contributed by atoms with van der Waals surface area (Å²) in [4.78, 5) is 12.3. The molecule has 1 amide bonds. The van der Waals surface area contributed by atoms with E-state index in [0.29, 0.717) is 18.8 Å². The van der Waals surface area contributed by atoms with Crippen LogP contribution >= 0.6 is 23.2 Å². The number of alkyl halides is 2. The minimum atomic E-state index is -0.974. The third-order valence-corrected chi connectivity index (χ3v) is 5.23. The molecule has 4 nitrogen and oxygen atoms in total. The number of nitrogens with zero attached hydrogens (tertiary/aromatic N) is 2. The van der Waals surface area contributed by atoms with E-state index >= 15 is 0 Å². The molecule has 6 heteroatoms. The second kappa shape index (κ2) is 5.28. The summed E-state index contributed by atoms with van der Waals surface area (Å²) in [6.07, 6.45) is 2.12. The number of halogens is 2. The second-order valence-electron chi connectivity index (χ2n) is 6.03. The van der Waals surface area contributed by atoms with Gasteiger partial charge in [-0.3, -0.25) is 4.79 Å². The number of hydrogen-bond acceptors (Lipinski definition) is 2. The summed E-state index contributed by atoms with van der Waals surface area (Å²) in [6, 6.07) is 9.95. The molecule has 1 N–H and O–H groups in total. The first-order valence-electron chi connectivity index (χ1n) is 7.08. The van der Waals surface area contributed by atoms with Crippen molar-refractivity contribution >= 4 is 34.9 Å². The lowest BCUT2D eigenvalue weighted by molar-refractivity contribution is -0.120. The molecule has 0 radical (unpaired) electrons. The van der Waals surface area contributed by atoms with E-state index in [4.69, 9.17) is 23.2 Å². The van der Waals surface area contributed by atoms with Crippen molar-refractivity contribution in [1.82, 2.24) is 9.78 Å². The van der Waals surface area contributed by atoms with Crippen LogP contribution in [0.15, 0.2) is 36.5 Å². The molecule has 1 fully saturated rings. The fourth-order valence-corrected chi connectivity index (χ4v) is 3.15. The van der Waals surface area contributed by atoms with E-state index in [0.717, 1.165) is 5.56 Å². The number of anilines is 1. The van der Waals surface area contributed by atoms with Crippen LogP contribution in [0.4, 0.5) is 5.82 Å². The summed E-state index contributed by atoms with van der Waals surface area (Å²) < 4.78 is 0.779. The number of aromatic nitrogens is 2. The van der Waals surface area contributed by atoms with E-state index in [2.05, 4.69) is 16.5 Å². The largest absolute Gasteiger partial charge is 0.310 e. The molecule has 0 saturated heterocycles. The van der Waals surface area contributed by atoms with Crippen molar-refractivity contribution < 1.29 is 4.79 Å². The van der Waals surface area contributed by atoms with E-state index < -0.39 is 9.75 Å². The number of rotatable bonds is 4. The van der Waals surface area contributed by atoms with Gasteiger partial charge in [-0.15, -0.1) is 23.2 Å². The van der Waals surface area contributed by atoms with Crippen LogP contribution in [-0.2, 0) is 11.3 Å². The molecular weight excluding hydrogens is 321 g/mol. The average Bonchev–Trinajstić information content (AvgIpc) is 2.77. The van der Waals surface area contributed by atoms with Gasteiger partial charge >= 0.3 is 0 Å². The Kier molecular flexibility index (Phi) is 3.69. The zero-order chi connectivity index (χ0) is 16.0. The maximum absolute atomic E-state index is 12.3. The Hall–Kier alpha value is -1.52. The minimum Gasteiger partial charge on any atom is -0.310 e. The van der Waals surface area contributed by atoms with E-state index in [1.807, 2.05) is 25.1 Å². The van der Waals surface area contributed by atoms with E-state index in [-0.39, 0.29) is 5.91 Å². The Morgan fingerprint density at radius 1 is 1.41 bits per heavy atom. The molecule has 1 saturated carbocycles. The summed E-state index contributed by atoms with van der Waals surface area (Å²) in [7, 11) is 0. The number of benzene rings is 1. The first-order valence-corrected chi connectivity index (χ1v) is 7.84. The van der Waals surface area contributed by atoms with Crippen LogP contribution < -0.4 is 5.32 Å². The molecule has 1 aliphatic rings. The third-order valence-electron chi connectivity index (χ3n) is 4.13. The quantitative estimate of drug-likeness (QED) is 0.863. The van der Waals surface area contributed by atoms with Crippen molar-refractivity contribution in [2.24, 2.45) is 5.41 Å². The van der Waals surface area contributed by atoms with Gasteiger partial charge in [0.25, 0.3) is 0 Å². The summed E-state index contributed by atoms with van der Waals surface area (Å²) in [5.74, 6) is 0.465. The van der Waals surface area contributed by atoms with Gasteiger partial charge in [-0.25, -0.2) is 4.68 Å². The topological polar surface area (TPSA) is 46.9 Å².